The second-order valence-electron chi connectivity index (χ2n) is 8.69. The molecule has 2 aromatic carbocycles. The van der Waals surface area contributed by atoms with E-state index >= 15 is 0 Å². The van der Waals surface area contributed by atoms with E-state index < -0.39 is 4.92 Å². The van der Waals surface area contributed by atoms with Crippen LogP contribution in [0.15, 0.2) is 60.7 Å². The van der Waals surface area contributed by atoms with E-state index in [2.05, 4.69) is 5.32 Å². The molecule has 2 aromatic rings. The van der Waals surface area contributed by atoms with E-state index in [1.54, 1.807) is 18.2 Å². The van der Waals surface area contributed by atoms with Crippen LogP contribution in [0.25, 0.3) is 5.57 Å². The third-order valence-corrected chi connectivity index (χ3v) is 6.20. The van der Waals surface area contributed by atoms with Gasteiger partial charge in [-0.2, -0.15) is 0 Å². The summed E-state index contributed by atoms with van der Waals surface area (Å²) in [6.07, 6.45) is 15.1. The standard InChI is InChI=1S/C27H34N2O3/c30-27(28-24-15-11-6-4-2-1-3-5-7-12-16-24)21-26(22-13-9-8-10-14-22)23-17-19-25(20-18-23)29(31)32/h8-10,13-14,17-21,24H,1-7,11-12,15-16H2,(H,28,30). The SMILES string of the molecule is O=C(C=C(c1ccccc1)c1ccc([N+](=O)[O-])cc1)NC1CCCCCCCCCCC1. The van der Waals surface area contributed by atoms with Crippen LogP contribution in [0, 0.1) is 10.1 Å². The second kappa shape index (κ2) is 12.8. The van der Waals surface area contributed by atoms with Gasteiger partial charge in [-0.3, -0.25) is 14.9 Å². The number of carbonyl (C=O) groups excluding carboxylic acids is 1. The molecule has 3 rings (SSSR count). The van der Waals surface area contributed by atoms with E-state index in [0.29, 0.717) is 0 Å². The highest BCUT2D eigenvalue weighted by atomic mass is 16.6. The van der Waals surface area contributed by atoms with Gasteiger partial charge in [0.05, 0.1) is 4.92 Å². The van der Waals surface area contributed by atoms with Crippen LogP contribution in [-0.4, -0.2) is 16.9 Å². The number of nitro groups is 1. The van der Waals surface area contributed by atoms with Crippen molar-refractivity contribution in [2.75, 3.05) is 0 Å². The van der Waals surface area contributed by atoms with Crippen molar-refractivity contribution in [1.29, 1.82) is 0 Å². The maximum Gasteiger partial charge on any atom is 0.269 e. The van der Waals surface area contributed by atoms with Crippen LogP contribution in [0.5, 0.6) is 0 Å². The van der Waals surface area contributed by atoms with E-state index in [4.69, 9.17) is 0 Å². The fourth-order valence-corrected chi connectivity index (χ4v) is 4.40. The molecule has 0 radical (unpaired) electrons. The molecule has 1 aliphatic rings. The molecule has 5 nitrogen and oxygen atoms in total. The molecular weight excluding hydrogens is 400 g/mol. The van der Waals surface area contributed by atoms with Gasteiger partial charge in [0.2, 0.25) is 5.91 Å². The van der Waals surface area contributed by atoms with Crippen LogP contribution in [-0.2, 0) is 4.79 Å². The lowest BCUT2D eigenvalue weighted by Gasteiger charge is -2.19. The van der Waals surface area contributed by atoms with Crippen molar-refractivity contribution in [3.05, 3.63) is 81.9 Å². The largest absolute Gasteiger partial charge is 0.350 e. The topological polar surface area (TPSA) is 72.2 Å². The highest BCUT2D eigenvalue weighted by Gasteiger charge is 2.14. The molecule has 1 N–H and O–H groups in total. The van der Waals surface area contributed by atoms with Gasteiger partial charge in [0.1, 0.15) is 0 Å². The zero-order valence-electron chi connectivity index (χ0n) is 18.8. The summed E-state index contributed by atoms with van der Waals surface area (Å²) in [6, 6.07) is 16.3. The Labute approximate surface area is 191 Å². The third-order valence-electron chi connectivity index (χ3n) is 6.20. The number of amides is 1. The molecule has 0 bridgehead atoms. The van der Waals surface area contributed by atoms with Crippen LogP contribution in [0.2, 0.25) is 0 Å². The first kappa shape index (κ1) is 23.7. The van der Waals surface area contributed by atoms with Crippen molar-refractivity contribution in [2.24, 2.45) is 0 Å². The van der Waals surface area contributed by atoms with Crippen molar-refractivity contribution in [1.82, 2.24) is 5.32 Å². The Kier molecular flexibility index (Phi) is 9.48. The maximum absolute atomic E-state index is 13.0. The number of hydrogen-bond acceptors (Lipinski definition) is 3. The Morgan fingerprint density at radius 2 is 1.28 bits per heavy atom. The zero-order valence-corrected chi connectivity index (χ0v) is 18.8. The lowest BCUT2D eigenvalue weighted by Crippen LogP contribution is -2.34. The van der Waals surface area contributed by atoms with Gasteiger partial charge < -0.3 is 5.32 Å². The summed E-state index contributed by atoms with van der Waals surface area (Å²) in [5.74, 6) is -0.0979. The van der Waals surface area contributed by atoms with Gasteiger partial charge in [-0.15, -0.1) is 0 Å². The minimum atomic E-state index is -0.411. The second-order valence-corrected chi connectivity index (χ2v) is 8.69. The van der Waals surface area contributed by atoms with E-state index in [-0.39, 0.29) is 17.6 Å². The molecule has 0 spiro atoms. The van der Waals surface area contributed by atoms with Crippen LogP contribution in [0.3, 0.4) is 0 Å². The Balaban J connectivity index is 1.76. The van der Waals surface area contributed by atoms with Gasteiger partial charge in [-0.1, -0.05) is 88.1 Å². The van der Waals surface area contributed by atoms with Crippen LogP contribution in [0.1, 0.15) is 81.8 Å². The minimum Gasteiger partial charge on any atom is -0.350 e. The fraction of sp³-hybridized carbons (Fsp3) is 0.444. The van der Waals surface area contributed by atoms with E-state index in [1.165, 1.54) is 57.1 Å². The van der Waals surface area contributed by atoms with E-state index in [0.717, 1.165) is 42.4 Å². The fourth-order valence-electron chi connectivity index (χ4n) is 4.40. The van der Waals surface area contributed by atoms with Crippen molar-refractivity contribution < 1.29 is 9.72 Å². The van der Waals surface area contributed by atoms with Gasteiger partial charge >= 0.3 is 0 Å². The highest BCUT2D eigenvalue weighted by Crippen LogP contribution is 2.25. The van der Waals surface area contributed by atoms with Gasteiger partial charge in [0.25, 0.3) is 5.69 Å². The van der Waals surface area contributed by atoms with Gasteiger partial charge in [0.15, 0.2) is 0 Å². The first-order valence-corrected chi connectivity index (χ1v) is 12.0. The number of nitrogens with one attached hydrogen (secondary N) is 1. The number of nitro benzene ring substituents is 1. The number of rotatable bonds is 5. The number of carbonyl (C=O) groups is 1. The number of nitrogens with zero attached hydrogens (tertiary/aromatic N) is 1. The molecule has 1 fully saturated rings. The van der Waals surface area contributed by atoms with Crippen LogP contribution in [0.4, 0.5) is 5.69 Å². The van der Waals surface area contributed by atoms with Gasteiger partial charge in [-0.25, -0.2) is 0 Å². The molecule has 32 heavy (non-hydrogen) atoms. The summed E-state index contributed by atoms with van der Waals surface area (Å²) in [5, 5.41) is 14.3. The summed E-state index contributed by atoms with van der Waals surface area (Å²) < 4.78 is 0. The average molecular weight is 435 g/mol. The summed E-state index contributed by atoms with van der Waals surface area (Å²) in [4.78, 5) is 23.6. The molecular formula is C27H34N2O3. The molecule has 0 aromatic heterocycles. The third kappa shape index (κ3) is 7.63. The zero-order chi connectivity index (χ0) is 22.6. The maximum atomic E-state index is 13.0. The minimum absolute atomic E-state index is 0.0406. The predicted molar refractivity (Wildman–Crippen MR) is 129 cm³/mol. The molecule has 0 atom stereocenters. The molecule has 0 unspecified atom stereocenters. The van der Waals surface area contributed by atoms with E-state index in [9.17, 15) is 14.9 Å². The number of hydrogen-bond donors (Lipinski definition) is 1. The molecule has 1 saturated carbocycles. The van der Waals surface area contributed by atoms with Gasteiger partial charge in [-0.05, 0) is 41.7 Å². The summed E-state index contributed by atoms with van der Waals surface area (Å²) in [7, 11) is 0. The molecule has 5 heteroatoms. The van der Waals surface area contributed by atoms with Crippen LogP contribution >= 0.6 is 0 Å². The Bertz CT molecular complexity index is 879. The molecule has 0 aliphatic heterocycles. The normalized spacial score (nSPS) is 17.1. The summed E-state index contributed by atoms with van der Waals surface area (Å²) in [5.41, 5.74) is 2.51. The van der Waals surface area contributed by atoms with Crippen LogP contribution < -0.4 is 5.32 Å². The first-order chi connectivity index (χ1) is 15.6. The predicted octanol–water partition coefficient (Wildman–Crippen LogP) is 6.82. The highest BCUT2D eigenvalue weighted by molar-refractivity contribution is 5.99. The summed E-state index contributed by atoms with van der Waals surface area (Å²) >= 11 is 0. The average Bonchev–Trinajstić information content (AvgIpc) is 2.80. The lowest BCUT2D eigenvalue weighted by atomic mass is 9.96. The van der Waals surface area contributed by atoms with Gasteiger partial charge in [0, 0.05) is 24.3 Å². The number of benzene rings is 2. The molecule has 0 saturated heterocycles. The van der Waals surface area contributed by atoms with Crippen molar-refractivity contribution in [2.45, 2.75) is 76.7 Å². The smallest absolute Gasteiger partial charge is 0.269 e. The number of non-ortho nitro benzene ring substituents is 1. The molecule has 170 valence electrons. The molecule has 1 amide bonds. The molecule has 1 aliphatic carbocycles. The van der Waals surface area contributed by atoms with Crippen molar-refractivity contribution >= 4 is 17.2 Å². The van der Waals surface area contributed by atoms with Crippen molar-refractivity contribution in [3.8, 4) is 0 Å². The van der Waals surface area contributed by atoms with E-state index in [1.807, 2.05) is 30.3 Å². The lowest BCUT2D eigenvalue weighted by molar-refractivity contribution is -0.384. The summed E-state index contributed by atoms with van der Waals surface area (Å²) in [6.45, 7) is 0. The first-order valence-electron chi connectivity index (χ1n) is 12.0. The molecule has 0 heterocycles. The Morgan fingerprint density at radius 1 is 0.781 bits per heavy atom. The Morgan fingerprint density at radius 3 is 1.81 bits per heavy atom. The monoisotopic (exact) mass is 434 g/mol. The van der Waals surface area contributed by atoms with Crippen molar-refractivity contribution in [3.63, 3.8) is 0 Å². The Hall–Kier alpha value is -2.95. The quantitative estimate of drug-likeness (QED) is 0.319.